The Morgan fingerprint density at radius 2 is 0.962 bits per heavy atom. The zero-order valence-electron chi connectivity index (χ0n) is 12.5. The van der Waals surface area contributed by atoms with Gasteiger partial charge >= 0.3 is 35.8 Å². The van der Waals surface area contributed by atoms with Crippen molar-refractivity contribution in [2.75, 3.05) is 0 Å². The topological polar surface area (TPSA) is 0 Å². The molecule has 13 heteroatoms. The molecular formula is C13H11F13. The third kappa shape index (κ3) is 2.50. The smallest absolute Gasteiger partial charge is 0.199 e. The molecule has 0 saturated heterocycles. The van der Waals surface area contributed by atoms with Gasteiger partial charge in [-0.2, -0.15) is 57.1 Å². The lowest BCUT2D eigenvalue weighted by Crippen LogP contribution is -2.71. The summed E-state index contributed by atoms with van der Waals surface area (Å²) in [6.45, 7) is 0. The van der Waals surface area contributed by atoms with Gasteiger partial charge in [0, 0.05) is 5.92 Å². The van der Waals surface area contributed by atoms with Crippen LogP contribution in [-0.4, -0.2) is 35.8 Å². The molecule has 154 valence electrons. The Labute approximate surface area is 137 Å². The molecule has 0 aromatic carbocycles. The lowest BCUT2D eigenvalue weighted by Gasteiger charge is -2.42. The molecule has 0 aromatic heterocycles. The minimum absolute atomic E-state index is 0.0585. The third-order valence-electron chi connectivity index (χ3n) is 5.16. The SMILES string of the molecule is FC(F)(F)C(F)(F)C(F)(F)C(F)(F)C(F)(F)C(F)(F)C1CC2CCC1C2. The highest BCUT2D eigenvalue weighted by Gasteiger charge is 2.91. The second kappa shape index (κ2) is 5.55. The number of hydrogen-bond acceptors (Lipinski definition) is 0. The molecule has 0 radical (unpaired) electrons. The normalized spacial score (nSPS) is 28.7. The summed E-state index contributed by atoms with van der Waals surface area (Å²) in [4.78, 5) is 0. The van der Waals surface area contributed by atoms with Gasteiger partial charge in [-0.05, 0) is 31.1 Å². The van der Waals surface area contributed by atoms with Crippen LogP contribution < -0.4 is 0 Å². The van der Waals surface area contributed by atoms with Gasteiger partial charge in [0.25, 0.3) is 0 Å². The third-order valence-corrected chi connectivity index (χ3v) is 5.16. The second-order valence-corrected chi connectivity index (χ2v) is 6.70. The summed E-state index contributed by atoms with van der Waals surface area (Å²) in [7, 11) is 0. The second-order valence-electron chi connectivity index (χ2n) is 6.70. The van der Waals surface area contributed by atoms with Gasteiger partial charge < -0.3 is 0 Å². The van der Waals surface area contributed by atoms with Crippen LogP contribution in [0.25, 0.3) is 0 Å². The summed E-state index contributed by atoms with van der Waals surface area (Å²) < 4.78 is 170. The number of hydrogen-bond donors (Lipinski definition) is 0. The Hall–Kier alpha value is -0.910. The maximum absolute atomic E-state index is 14.0. The van der Waals surface area contributed by atoms with Gasteiger partial charge in [0.1, 0.15) is 0 Å². The first-order valence-corrected chi connectivity index (χ1v) is 7.28. The molecule has 0 N–H and O–H groups in total. The predicted octanol–water partition coefficient (Wildman–Crippen LogP) is 6.16. The van der Waals surface area contributed by atoms with E-state index in [0.29, 0.717) is 6.42 Å². The summed E-state index contributed by atoms with van der Waals surface area (Å²) >= 11 is 0. The summed E-state index contributed by atoms with van der Waals surface area (Å²) in [6.07, 6.45) is -7.91. The Bertz CT molecular complexity index is 547. The molecule has 0 nitrogen and oxygen atoms in total. The van der Waals surface area contributed by atoms with Crippen LogP contribution >= 0.6 is 0 Å². The minimum atomic E-state index is -7.80. The maximum atomic E-state index is 14.0. The number of rotatable bonds is 5. The summed E-state index contributed by atoms with van der Waals surface area (Å²) in [6, 6.07) is 0. The standard InChI is InChI=1S/C13H11F13/c14-8(15,7-4-5-1-2-6(7)3-5)9(16,17)10(18,19)11(20,21)12(22,23)13(24,25)26/h5-7H,1-4H2. The largest absolute Gasteiger partial charge is 0.460 e. The van der Waals surface area contributed by atoms with E-state index in [2.05, 4.69) is 0 Å². The molecule has 2 aliphatic rings. The van der Waals surface area contributed by atoms with E-state index in [9.17, 15) is 57.1 Å². The predicted molar refractivity (Wildman–Crippen MR) is 59.7 cm³/mol. The highest BCUT2D eigenvalue weighted by atomic mass is 19.4. The van der Waals surface area contributed by atoms with Crippen molar-refractivity contribution in [1.82, 2.24) is 0 Å². The fourth-order valence-electron chi connectivity index (χ4n) is 3.70. The van der Waals surface area contributed by atoms with Crippen molar-refractivity contribution < 1.29 is 57.1 Å². The molecule has 2 saturated carbocycles. The molecule has 0 amide bonds. The number of fused-ring (bicyclic) bond motifs is 2. The van der Waals surface area contributed by atoms with Crippen molar-refractivity contribution in [2.24, 2.45) is 17.8 Å². The quantitative estimate of drug-likeness (QED) is 0.473. The van der Waals surface area contributed by atoms with E-state index in [0.717, 1.165) is 0 Å². The lowest BCUT2D eigenvalue weighted by molar-refractivity contribution is -0.443. The Morgan fingerprint density at radius 3 is 1.31 bits per heavy atom. The van der Waals surface area contributed by atoms with E-state index in [1.807, 2.05) is 0 Å². The highest BCUT2D eigenvalue weighted by Crippen LogP contribution is 2.64. The molecule has 0 aliphatic heterocycles. The van der Waals surface area contributed by atoms with Crippen molar-refractivity contribution in [1.29, 1.82) is 0 Å². The molecule has 3 atom stereocenters. The van der Waals surface area contributed by atoms with Crippen LogP contribution in [0.1, 0.15) is 25.7 Å². The van der Waals surface area contributed by atoms with Crippen LogP contribution in [-0.2, 0) is 0 Å². The maximum Gasteiger partial charge on any atom is 0.460 e. The van der Waals surface area contributed by atoms with Gasteiger partial charge in [-0.3, -0.25) is 0 Å². The molecule has 2 aliphatic carbocycles. The van der Waals surface area contributed by atoms with Gasteiger partial charge in [0.2, 0.25) is 0 Å². The van der Waals surface area contributed by atoms with Crippen LogP contribution in [0, 0.1) is 17.8 Å². The van der Waals surface area contributed by atoms with Gasteiger partial charge in [-0.25, -0.2) is 0 Å². The highest BCUT2D eigenvalue weighted by molar-refractivity contribution is 5.13. The van der Waals surface area contributed by atoms with E-state index in [-0.39, 0.29) is 12.8 Å². The fraction of sp³-hybridized carbons (Fsp3) is 1.00. The van der Waals surface area contributed by atoms with E-state index in [1.165, 1.54) is 0 Å². The average molecular weight is 414 g/mol. The lowest BCUT2D eigenvalue weighted by atomic mass is 9.79. The Balaban J connectivity index is 2.45. The van der Waals surface area contributed by atoms with Crippen LogP contribution in [0.15, 0.2) is 0 Å². The minimum Gasteiger partial charge on any atom is -0.199 e. The summed E-state index contributed by atoms with van der Waals surface area (Å²) in [5.74, 6) is -40.4. The van der Waals surface area contributed by atoms with Crippen molar-refractivity contribution in [2.45, 2.75) is 61.5 Å². The van der Waals surface area contributed by atoms with Crippen molar-refractivity contribution >= 4 is 0 Å². The summed E-state index contributed by atoms with van der Waals surface area (Å²) in [5.41, 5.74) is 0. The molecule has 3 unspecified atom stereocenters. The average Bonchev–Trinajstić information content (AvgIpc) is 3.07. The molecule has 0 aromatic rings. The van der Waals surface area contributed by atoms with E-state index in [4.69, 9.17) is 0 Å². The molecular weight excluding hydrogens is 403 g/mol. The Kier molecular flexibility index (Phi) is 4.57. The first-order valence-electron chi connectivity index (χ1n) is 7.28. The van der Waals surface area contributed by atoms with Gasteiger partial charge in [0.05, 0.1) is 0 Å². The van der Waals surface area contributed by atoms with Gasteiger partial charge in [-0.15, -0.1) is 0 Å². The van der Waals surface area contributed by atoms with Gasteiger partial charge in [0.15, 0.2) is 0 Å². The van der Waals surface area contributed by atoms with Crippen LogP contribution in [0.2, 0.25) is 0 Å². The van der Waals surface area contributed by atoms with Crippen molar-refractivity contribution in [3.63, 3.8) is 0 Å². The van der Waals surface area contributed by atoms with Crippen molar-refractivity contribution in [3.8, 4) is 0 Å². The molecule has 0 spiro atoms. The van der Waals surface area contributed by atoms with E-state index in [1.54, 1.807) is 0 Å². The first kappa shape index (κ1) is 21.4. The molecule has 0 heterocycles. The molecule has 2 bridgehead atoms. The zero-order chi connectivity index (χ0) is 20.6. The Morgan fingerprint density at radius 1 is 0.500 bits per heavy atom. The molecule has 2 rings (SSSR count). The van der Waals surface area contributed by atoms with Gasteiger partial charge in [-0.1, -0.05) is 6.42 Å². The van der Waals surface area contributed by atoms with Crippen LogP contribution in [0.3, 0.4) is 0 Å². The van der Waals surface area contributed by atoms with E-state index >= 15 is 0 Å². The monoisotopic (exact) mass is 414 g/mol. The zero-order valence-corrected chi connectivity index (χ0v) is 12.5. The number of alkyl halides is 13. The number of halogens is 13. The van der Waals surface area contributed by atoms with Crippen LogP contribution in [0.4, 0.5) is 57.1 Å². The van der Waals surface area contributed by atoms with E-state index < -0.39 is 60.0 Å². The molecule has 2 fully saturated rings. The van der Waals surface area contributed by atoms with Crippen LogP contribution in [0.5, 0.6) is 0 Å². The molecule has 26 heavy (non-hydrogen) atoms. The first-order chi connectivity index (χ1) is 11.3. The summed E-state index contributed by atoms with van der Waals surface area (Å²) in [5, 5.41) is 0. The fourth-order valence-corrected chi connectivity index (χ4v) is 3.70. The van der Waals surface area contributed by atoms with Crippen molar-refractivity contribution in [3.05, 3.63) is 0 Å².